The van der Waals surface area contributed by atoms with Gasteiger partial charge in [-0.1, -0.05) is 12.1 Å². The van der Waals surface area contributed by atoms with Crippen LogP contribution in [0.15, 0.2) is 71.3 Å². The topological polar surface area (TPSA) is 75.9 Å². The lowest BCUT2D eigenvalue weighted by Gasteiger charge is -2.34. The van der Waals surface area contributed by atoms with E-state index in [-0.39, 0.29) is 18.4 Å². The summed E-state index contributed by atoms with van der Waals surface area (Å²) >= 11 is 1.65. The van der Waals surface area contributed by atoms with Crippen molar-refractivity contribution < 1.29 is 18.7 Å². The predicted octanol–water partition coefficient (Wildman–Crippen LogP) is 3.92. The molecule has 1 fully saturated rings. The first kappa shape index (κ1) is 20.3. The number of thiazole rings is 1. The minimum atomic E-state index is -0.147. The highest BCUT2D eigenvalue weighted by Crippen LogP contribution is 2.30. The molecule has 2 aromatic heterocycles. The number of benzene rings is 2. The second-order valence-electron chi connectivity index (χ2n) is 7.45. The molecule has 0 N–H and O–H groups in total. The van der Waals surface area contributed by atoms with Gasteiger partial charge in [0.15, 0.2) is 12.4 Å². The molecule has 2 amide bonds. The van der Waals surface area contributed by atoms with E-state index in [9.17, 15) is 9.59 Å². The number of ether oxygens (including phenoxy) is 1. The molecule has 8 heteroatoms. The van der Waals surface area contributed by atoms with Crippen LogP contribution in [0.2, 0.25) is 0 Å². The number of nitrogens with zero attached hydrogens (tertiary/aromatic N) is 3. The molecule has 162 valence electrons. The molecule has 1 aliphatic heterocycles. The highest BCUT2D eigenvalue weighted by atomic mass is 32.1. The molecule has 0 bridgehead atoms. The summed E-state index contributed by atoms with van der Waals surface area (Å²) in [4.78, 5) is 33.0. The average Bonchev–Trinajstić information content (AvgIpc) is 3.53. The maximum atomic E-state index is 12.5. The molecule has 0 spiro atoms. The van der Waals surface area contributed by atoms with Gasteiger partial charge < -0.3 is 19.0 Å². The summed E-state index contributed by atoms with van der Waals surface area (Å²) in [5, 5.41) is 0.954. The molecule has 0 saturated carbocycles. The molecule has 0 aliphatic carbocycles. The van der Waals surface area contributed by atoms with Crippen molar-refractivity contribution >= 4 is 33.4 Å². The Labute approximate surface area is 188 Å². The Kier molecular flexibility index (Phi) is 5.60. The standard InChI is InChI=1S/C24H21N3O4S/c28-22(26-11-13-27(14-12-26)24(29)20-5-3-15-30-20)16-31-18-9-7-17(8-10-18)23-25-19-4-1-2-6-21(19)32-23/h1-10,15H,11-14,16H2. The molecular weight excluding hydrogens is 426 g/mol. The zero-order chi connectivity index (χ0) is 21.9. The molecule has 0 unspecified atom stereocenters. The van der Waals surface area contributed by atoms with E-state index in [1.165, 1.54) is 6.26 Å². The van der Waals surface area contributed by atoms with Crippen LogP contribution in [0.25, 0.3) is 20.8 Å². The van der Waals surface area contributed by atoms with Crippen LogP contribution in [0.3, 0.4) is 0 Å². The number of amides is 2. The van der Waals surface area contributed by atoms with Gasteiger partial charge in [0.05, 0.1) is 16.5 Å². The predicted molar refractivity (Wildman–Crippen MR) is 122 cm³/mol. The van der Waals surface area contributed by atoms with Crippen molar-refractivity contribution in [3.8, 4) is 16.3 Å². The Bertz CT molecular complexity index is 1190. The summed E-state index contributed by atoms with van der Waals surface area (Å²) in [5.74, 6) is 0.717. The molecule has 2 aromatic carbocycles. The number of piperazine rings is 1. The van der Waals surface area contributed by atoms with E-state index < -0.39 is 0 Å². The fraction of sp³-hybridized carbons (Fsp3) is 0.208. The van der Waals surface area contributed by atoms with Crippen molar-refractivity contribution in [3.63, 3.8) is 0 Å². The van der Waals surface area contributed by atoms with Gasteiger partial charge in [0.25, 0.3) is 11.8 Å². The second-order valence-corrected chi connectivity index (χ2v) is 8.48. The lowest BCUT2D eigenvalue weighted by atomic mass is 10.2. The van der Waals surface area contributed by atoms with Crippen molar-refractivity contribution in [3.05, 3.63) is 72.7 Å². The monoisotopic (exact) mass is 447 g/mol. The van der Waals surface area contributed by atoms with Crippen LogP contribution in [0, 0.1) is 0 Å². The Morgan fingerprint density at radius 2 is 1.69 bits per heavy atom. The molecule has 1 saturated heterocycles. The number of aromatic nitrogens is 1. The molecule has 0 atom stereocenters. The number of fused-ring (bicyclic) bond motifs is 1. The molecule has 0 radical (unpaired) electrons. The van der Waals surface area contributed by atoms with Crippen molar-refractivity contribution in [2.45, 2.75) is 0 Å². The van der Waals surface area contributed by atoms with Gasteiger partial charge in [-0.3, -0.25) is 9.59 Å². The van der Waals surface area contributed by atoms with E-state index in [0.29, 0.717) is 37.7 Å². The van der Waals surface area contributed by atoms with Crippen LogP contribution in [0.4, 0.5) is 0 Å². The van der Waals surface area contributed by atoms with Gasteiger partial charge in [-0.2, -0.15) is 0 Å². The Morgan fingerprint density at radius 3 is 2.41 bits per heavy atom. The van der Waals surface area contributed by atoms with E-state index in [1.807, 2.05) is 42.5 Å². The van der Waals surface area contributed by atoms with Crippen LogP contribution < -0.4 is 4.74 Å². The van der Waals surface area contributed by atoms with Crippen molar-refractivity contribution in [1.82, 2.24) is 14.8 Å². The number of furan rings is 1. The molecule has 4 aromatic rings. The van der Waals surface area contributed by atoms with E-state index in [2.05, 4.69) is 11.1 Å². The Morgan fingerprint density at radius 1 is 0.938 bits per heavy atom. The Balaban J connectivity index is 1.13. The van der Waals surface area contributed by atoms with Gasteiger partial charge in [0.1, 0.15) is 10.8 Å². The molecule has 3 heterocycles. The number of carbonyl (C=O) groups excluding carboxylic acids is 2. The van der Waals surface area contributed by atoms with Crippen LogP contribution in [0.5, 0.6) is 5.75 Å². The molecule has 7 nitrogen and oxygen atoms in total. The average molecular weight is 448 g/mol. The van der Waals surface area contributed by atoms with Crippen molar-refractivity contribution in [1.29, 1.82) is 0 Å². The van der Waals surface area contributed by atoms with Crippen molar-refractivity contribution in [2.75, 3.05) is 32.8 Å². The SMILES string of the molecule is O=C(COc1ccc(-c2nc3ccccc3s2)cc1)N1CCN(C(=O)c2ccco2)CC1. The van der Waals surface area contributed by atoms with Crippen LogP contribution >= 0.6 is 11.3 Å². The van der Waals surface area contributed by atoms with Gasteiger partial charge in [-0.25, -0.2) is 4.98 Å². The van der Waals surface area contributed by atoms with Crippen LogP contribution in [-0.4, -0.2) is 59.4 Å². The second kappa shape index (κ2) is 8.84. The highest BCUT2D eigenvalue weighted by molar-refractivity contribution is 7.21. The van der Waals surface area contributed by atoms with Gasteiger partial charge >= 0.3 is 0 Å². The molecule has 1 aliphatic rings. The van der Waals surface area contributed by atoms with Crippen molar-refractivity contribution in [2.24, 2.45) is 0 Å². The summed E-state index contributed by atoms with van der Waals surface area (Å²) in [6, 6.07) is 19.0. The zero-order valence-corrected chi connectivity index (χ0v) is 18.1. The fourth-order valence-electron chi connectivity index (χ4n) is 3.64. The first-order valence-corrected chi connectivity index (χ1v) is 11.2. The number of para-hydroxylation sites is 1. The summed E-state index contributed by atoms with van der Waals surface area (Å²) < 4.78 is 12.0. The third-order valence-corrected chi connectivity index (χ3v) is 6.49. The maximum Gasteiger partial charge on any atom is 0.289 e. The highest BCUT2D eigenvalue weighted by Gasteiger charge is 2.26. The van der Waals surface area contributed by atoms with E-state index in [1.54, 1.807) is 33.3 Å². The Hall–Kier alpha value is -3.65. The summed E-state index contributed by atoms with van der Waals surface area (Å²) in [6.45, 7) is 1.87. The maximum absolute atomic E-state index is 12.5. The normalized spacial score (nSPS) is 14.0. The van der Waals surface area contributed by atoms with E-state index in [0.717, 1.165) is 20.8 Å². The molecule has 32 heavy (non-hydrogen) atoms. The van der Waals surface area contributed by atoms with Gasteiger partial charge in [-0.15, -0.1) is 11.3 Å². The lowest BCUT2D eigenvalue weighted by Crippen LogP contribution is -2.51. The molecular formula is C24H21N3O4S. The van der Waals surface area contributed by atoms with Gasteiger partial charge in [0, 0.05) is 31.7 Å². The van der Waals surface area contributed by atoms with Crippen LogP contribution in [0.1, 0.15) is 10.6 Å². The minimum absolute atomic E-state index is 0.0351. The fourth-order valence-corrected chi connectivity index (χ4v) is 4.61. The zero-order valence-electron chi connectivity index (χ0n) is 17.3. The first-order chi connectivity index (χ1) is 15.7. The van der Waals surface area contributed by atoms with E-state index >= 15 is 0 Å². The van der Waals surface area contributed by atoms with Gasteiger partial charge in [0.2, 0.25) is 0 Å². The van der Waals surface area contributed by atoms with Gasteiger partial charge in [-0.05, 0) is 48.5 Å². The first-order valence-electron chi connectivity index (χ1n) is 10.4. The number of hydrogen-bond donors (Lipinski definition) is 0. The summed E-state index contributed by atoms with van der Waals surface area (Å²) in [6.07, 6.45) is 1.48. The third-order valence-electron chi connectivity index (χ3n) is 5.41. The largest absolute Gasteiger partial charge is 0.484 e. The smallest absolute Gasteiger partial charge is 0.289 e. The van der Waals surface area contributed by atoms with E-state index in [4.69, 9.17) is 9.15 Å². The summed E-state index contributed by atoms with van der Waals surface area (Å²) in [5.41, 5.74) is 2.01. The number of carbonyl (C=O) groups is 2. The number of rotatable bonds is 5. The third kappa shape index (κ3) is 4.22. The van der Waals surface area contributed by atoms with Crippen LogP contribution in [-0.2, 0) is 4.79 Å². The number of hydrogen-bond acceptors (Lipinski definition) is 6. The quantitative estimate of drug-likeness (QED) is 0.464. The lowest BCUT2D eigenvalue weighted by molar-refractivity contribution is -0.134. The molecule has 5 rings (SSSR count). The minimum Gasteiger partial charge on any atom is -0.484 e. The summed E-state index contributed by atoms with van der Waals surface area (Å²) in [7, 11) is 0.